The number of halogens is 4. The fraction of sp³-hybridized carbons (Fsp3) is 0.519. The molecule has 5 nitrogen and oxygen atoms in total. The standard InChI is InChI=1S/C21H30ClFN4O.C6H4Cl2/c1-25-9-11-26(12-10-25)7-2-8-27(20-6-3-15-13-17(15)20)21(28)24-16-4-5-19(23)18(22)14-16;7-5-2-1-3-6(8)4-5/h4-5,14-15,17,20H,2-3,6-13H2,1H3,(H,24,28);1-4H. The van der Waals surface area contributed by atoms with Crippen molar-refractivity contribution in [3.05, 3.63) is 63.3 Å². The van der Waals surface area contributed by atoms with E-state index in [9.17, 15) is 9.18 Å². The maximum atomic E-state index is 13.4. The van der Waals surface area contributed by atoms with Crippen molar-refractivity contribution in [1.82, 2.24) is 14.7 Å². The molecule has 3 aliphatic rings. The summed E-state index contributed by atoms with van der Waals surface area (Å²) in [5, 5.41) is 4.32. The predicted molar refractivity (Wildman–Crippen MR) is 147 cm³/mol. The van der Waals surface area contributed by atoms with Crippen molar-refractivity contribution in [2.75, 3.05) is 51.6 Å². The first-order valence-corrected chi connectivity index (χ1v) is 13.8. The van der Waals surface area contributed by atoms with E-state index in [1.54, 1.807) is 24.3 Å². The molecule has 5 rings (SSSR count). The van der Waals surface area contributed by atoms with Gasteiger partial charge >= 0.3 is 6.03 Å². The summed E-state index contributed by atoms with van der Waals surface area (Å²) in [7, 11) is 2.16. The first-order valence-electron chi connectivity index (χ1n) is 12.6. The Hall–Kier alpha value is -1.57. The Morgan fingerprint density at radius 1 is 1.06 bits per heavy atom. The molecular formula is C27H34Cl3FN4O. The lowest BCUT2D eigenvalue weighted by Gasteiger charge is -2.34. The Morgan fingerprint density at radius 3 is 2.33 bits per heavy atom. The third kappa shape index (κ3) is 7.72. The van der Waals surface area contributed by atoms with Crippen LogP contribution in [0.25, 0.3) is 0 Å². The Labute approximate surface area is 228 Å². The minimum absolute atomic E-state index is 0.0301. The van der Waals surface area contributed by atoms with Gasteiger partial charge in [0.15, 0.2) is 0 Å². The lowest BCUT2D eigenvalue weighted by atomic mass is 10.1. The van der Waals surface area contributed by atoms with E-state index >= 15 is 0 Å². The molecule has 1 aliphatic heterocycles. The molecular weight excluding hydrogens is 522 g/mol. The average molecular weight is 556 g/mol. The zero-order valence-electron chi connectivity index (χ0n) is 20.6. The molecule has 2 saturated carbocycles. The molecule has 2 amide bonds. The number of anilines is 1. The van der Waals surface area contributed by atoms with Crippen molar-refractivity contribution >= 4 is 46.5 Å². The van der Waals surface area contributed by atoms with Crippen LogP contribution in [0.5, 0.6) is 0 Å². The van der Waals surface area contributed by atoms with Crippen LogP contribution in [0.3, 0.4) is 0 Å². The van der Waals surface area contributed by atoms with Crippen LogP contribution in [0, 0.1) is 17.7 Å². The lowest BCUT2D eigenvalue weighted by molar-refractivity contribution is 0.141. The van der Waals surface area contributed by atoms with Gasteiger partial charge in [0, 0.05) is 54.5 Å². The highest BCUT2D eigenvalue weighted by molar-refractivity contribution is 6.34. The van der Waals surface area contributed by atoms with Gasteiger partial charge in [-0.2, -0.15) is 0 Å². The van der Waals surface area contributed by atoms with Crippen LogP contribution < -0.4 is 5.32 Å². The normalized spacial score (nSPS) is 23.4. The van der Waals surface area contributed by atoms with E-state index in [1.807, 2.05) is 11.0 Å². The summed E-state index contributed by atoms with van der Waals surface area (Å²) in [5.41, 5.74) is 0.547. The SMILES string of the molecule is CN1CCN(CCCN(C(=O)Nc2ccc(F)c(Cl)c2)C2CCC3CC32)CC1.Clc1cccc(Cl)c1. The molecule has 0 spiro atoms. The average Bonchev–Trinajstić information content (AvgIpc) is 3.51. The van der Waals surface area contributed by atoms with Gasteiger partial charge in [0.25, 0.3) is 0 Å². The molecule has 1 N–H and O–H groups in total. The van der Waals surface area contributed by atoms with Crippen molar-refractivity contribution in [3.8, 4) is 0 Å². The van der Waals surface area contributed by atoms with E-state index in [0.29, 0.717) is 27.7 Å². The quantitative estimate of drug-likeness (QED) is 0.429. The maximum Gasteiger partial charge on any atom is 0.322 e. The van der Waals surface area contributed by atoms with Gasteiger partial charge < -0.3 is 20.0 Å². The van der Waals surface area contributed by atoms with E-state index in [-0.39, 0.29) is 11.1 Å². The molecule has 9 heteroatoms. The van der Waals surface area contributed by atoms with E-state index in [0.717, 1.165) is 58.0 Å². The lowest BCUT2D eigenvalue weighted by Crippen LogP contribution is -2.47. The topological polar surface area (TPSA) is 38.8 Å². The molecule has 1 saturated heterocycles. The minimum Gasteiger partial charge on any atom is -0.321 e. The molecule has 0 bridgehead atoms. The Morgan fingerprint density at radius 2 is 1.78 bits per heavy atom. The van der Waals surface area contributed by atoms with Gasteiger partial charge in [0.05, 0.1) is 5.02 Å². The van der Waals surface area contributed by atoms with Gasteiger partial charge in [-0.05, 0) is 87.5 Å². The van der Waals surface area contributed by atoms with Crippen LogP contribution in [0.1, 0.15) is 25.7 Å². The van der Waals surface area contributed by atoms with E-state index < -0.39 is 5.82 Å². The Bertz CT molecular complexity index is 1020. The fourth-order valence-corrected chi connectivity index (χ4v) is 5.86. The van der Waals surface area contributed by atoms with Gasteiger partial charge in [0.2, 0.25) is 0 Å². The summed E-state index contributed by atoms with van der Waals surface area (Å²) in [6.45, 7) is 6.22. The Kier molecular flexibility index (Phi) is 9.76. The van der Waals surface area contributed by atoms with Crippen LogP contribution in [-0.2, 0) is 0 Å². The smallest absolute Gasteiger partial charge is 0.321 e. The van der Waals surface area contributed by atoms with Crippen LogP contribution in [0.15, 0.2) is 42.5 Å². The van der Waals surface area contributed by atoms with Gasteiger partial charge in [-0.25, -0.2) is 9.18 Å². The number of fused-ring (bicyclic) bond motifs is 1. The second-order valence-corrected chi connectivity index (χ2v) is 11.3. The predicted octanol–water partition coefficient (Wildman–Crippen LogP) is 6.74. The summed E-state index contributed by atoms with van der Waals surface area (Å²) in [4.78, 5) is 19.9. The molecule has 2 aromatic carbocycles. The molecule has 3 atom stereocenters. The number of carbonyl (C=O) groups excluding carboxylic acids is 1. The van der Waals surface area contributed by atoms with Crippen LogP contribution in [0.2, 0.25) is 15.1 Å². The number of urea groups is 1. The van der Waals surface area contributed by atoms with Gasteiger partial charge in [-0.1, -0.05) is 40.9 Å². The number of likely N-dealkylation sites (N-methyl/N-ethyl adjacent to an activating group) is 1. The van der Waals surface area contributed by atoms with Gasteiger partial charge in [0.1, 0.15) is 5.82 Å². The number of hydrogen-bond donors (Lipinski definition) is 1. The molecule has 0 radical (unpaired) electrons. The number of amides is 2. The molecule has 2 aliphatic carbocycles. The molecule has 3 unspecified atom stereocenters. The van der Waals surface area contributed by atoms with Crippen molar-refractivity contribution in [2.24, 2.45) is 11.8 Å². The van der Waals surface area contributed by atoms with E-state index in [1.165, 1.54) is 25.0 Å². The Balaban J connectivity index is 0.000000325. The summed E-state index contributed by atoms with van der Waals surface area (Å²) < 4.78 is 13.4. The molecule has 0 aromatic heterocycles. The first-order chi connectivity index (χ1) is 17.3. The molecule has 1 heterocycles. The zero-order valence-corrected chi connectivity index (χ0v) is 22.9. The number of carbonyl (C=O) groups is 1. The highest BCUT2D eigenvalue weighted by atomic mass is 35.5. The van der Waals surface area contributed by atoms with Gasteiger partial charge in [-0.3, -0.25) is 0 Å². The largest absolute Gasteiger partial charge is 0.322 e. The van der Waals surface area contributed by atoms with Crippen molar-refractivity contribution in [1.29, 1.82) is 0 Å². The number of hydrogen-bond acceptors (Lipinski definition) is 3. The van der Waals surface area contributed by atoms with Crippen molar-refractivity contribution in [2.45, 2.75) is 31.7 Å². The molecule has 36 heavy (non-hydrogen) atoms. The third-order valence-electron chi connectivity index (χ3n) is 7.39. The van der Waals surface area contributed by atoms with E-state index in [4.69, 9.17) is 34.8 Å². The fourth-order valence-electron chi connectivity index (χ4n) is 5.24. The van der Waals surface area contributed by atoms with Crippen molar-refractivity contribution in [3.63, 3.8) is 0 Å². The summed E-state index contributed by atoms with van der Waals surface area (Å²) >= 11 is 17.0. The highest BCUT2D eigenvalue weighted by Gasteiger charge is 2.51. The molecule has 196 valence electrons. The number of piperazine rings is 1. The monoisotopic (exact) mass is 554 g/mol. The van der Waals surface area contributed by atoms with Crippen molar-refractivity contribution < 1.29 is 9.18 Å². The molecule has 2 aromatic rings. The van der Waals surface area contributed by atoms with Gasteiger partial charge in [-0.15, -0.1) is 0 Å². The summed E-state index contributed by atoms with van der Waals surface area (Å²) in [6.07, 6.45) is 4.58. The molecule has 3 fully saturated rings. The second kappa shape index (κ2) is 12.8. The summed E-state index contributed by atoms with van der Waals surface area (Å²) in [6, 6.07) is 11.7. The van der Waals surface area contributed by atoms with Crippen LogP contribution in [0.4, 0.5) is 14.9 Å². The maximum absolute atomic E-state index is 13.4. The minimum atomic E-state index is -0.472. The van der Waals surface area contributed by atoms with Crippen LogP contribution in [-0.4, -0.2) is 73.1 Å². The number of benzene rings is 2. The van der Waals surface area contributed by atoms with Crippen LogP contribution >= 0.6 is 34.8 Å². The highest BCUT2D eigenvalue weighted by Crippen LogP contribution is 2.53. The third-order valence-corrected chi connectivity index (χ3v) is 8.15. The van der Waals surface area contributed by atoms with E-state index in [2.05, 4.69) is 22.2 Å². The first kappa shape index (κ1) is 27.5. The number of nitrogens with zero attached hydrogens (tertiary/aromatic N) is 3. The summed E-state index contributed by atoms with van der Waals surface area (Å²) in [5.74, 6) is 1.02. The zero-order chi connectivity index (χ0) is 25.7. The number of nitrogens with one attached hydrogen (secondary N) is 1. The number of rotatable bonds is 6. The second-order valence-electron chi connectivity index (χ2n) is 10.00.